The van der Waals surface area contributed by atoms with Crippen molar-refractivity contribution in [1.82, 2.24) is 15.5 Å². The zero-order valence-corrected chi connectivity index (χ0v) is 18.8. The lowest BCUT2D eigenvalue weighted by atomic mass is 10.1. The van der Waals surface area contributed by atoms with Crippen LogP contribution in [0.2, 0.25) is 0 Å². The molecule has 1 fully saturated rings. The average molecular weight is 468 g/mol. The molecule has 148 valence electrons. The fraction of sp³-hybridized carbons (Fsp3) is 0.889. The molecular formula is C18H37IN4O2. The van der Waals surface area contributed by atoms with Gasteiger partial charge in [0.25, 0.3) is 0 Å². The average Bonchev–Trinajstić information content (AvgIpc) is 2.93. The largest absolute Gasteiger partial charge is 0.469 e. The predicted octanol–water partition coefficient (Wildman–Crippen LogP) is 2.62. The summed E-state index contributed by atoms with van der Waals surface area (Å²) in [5, 5.41) is 6.96. The first-order valence-electron chi connectivity index (χ1n) is 9.26. The van der Waals surface area contributed by atoms with E-state index >= 15 is 0 Å². The van der Waals surface area contributed by atoms with E-state index in [1.54, 1.807) is 0 Å². The third-order valence-corrected chi connectivity index (χ3v) is 4.74. The highest BCUT2D eigenvalue weighted by Crippen LogP contribution is 2.18. The van der Waals surface area contributed by atoms with Crippen molar-refractivity contribution < 1.29 is 9.53 Å². The van der Waals surface area contributed by atoms with E-state index < -0.39 is 0 Å². The Kier molecular flexibility index (Phi) is 13.3. The van der Waals surface area contributed by atoms with Crippen LogP contribution in [0, 0.1) is 5.92 Å². The number of unbranched alkanes of at least 4 members (excludes halogenated alkanes) is 3. The topological polar surface area (TPSA) is 66.0 Å². The summed E-state index contributed by atoms with van der Waals surface area (Å²) < 4.78 is 4.64. The summed E-state index contributed by atoms with van der Waals surface area (Å²) in [7, 11) is 3.27. The third-order valence-electron chi connectivity index (χ3n) is 4.74. The van der Waals surface area contributed by atoms with E-state index in [0.717, 1.165) is 51.3 Å². The van der Waals surface area contributed by atoms with E-state index in [1.807, 2.05) is 7.05 Å². The van der Waals surface area contributed by atoms with Crippen molar-refractivity contribution in [3.63, 3.8) is 0 Å². The molecule has 2 N–H and O–H groups in total. The number of guanidine groups is 1. The molecule has 0 aliphatic carbocycles. The molecule has 0 bridgehead atoms. The molecule has 2 atom stereocenters. The molecule has 0 amide bonds. The van der Waals surface area contributed by atoms with Gasteiger partial charge < -0.3 is 15.4 Å². The number of rotatable bonds is 9. The van der Waals surface area contributed by atoms with Gasteiger partial charge in [-0.15, -0.1) is 24.0 Å². The number of likely N-dealkylation sites (tertiary alicyclic amines) is 1. The number of carbonyl (C=O) groups is 1. The van der Waals surface area contributed by atoms with Crippen LogP contribution in [0.15, 0.2) is 4.99 Å². The second-order valence-corrected chi connectivity index (χ2v) is 7.02. The van der Waals surface area contributed by atoms with E-state index in [-0.39, 0.29) is 29.9 Å². The van der Waals surface area contributed by atoms with Crippen LogP contribution in [0.1, 0.15) is 52.9 Å². The number of methoxy groups -OCH3 is 1. The Bertz CT molecular complexity index is 405. The van der Waals surface area contributed by atoms with Crippen LogP contribution in [0.4, 0.5) is 0 Å². The fourth-order valence-corrected chi connectivity index (χ4v) is 3.04. The molecule has 2 unspecified atom stereocenters. The minimum absolute atomic E-state index is 0. The van der Waals surface area contributed by atoms with Crippen molar-refractivity contribution >= 4 is 35.9 Å². The first-order valence-corrected chi connectivity index (χ1v) is 9.26. The van der Waals surface area contributed by atoms with E-state index in [2.05, 4.69) is 46.0 Å². The van der Waals surface area contributed by atoms with E-state index in [1.165, 1.54) is 7.11 Å². The minimum atomic E-state index is -0.112. The Morgan fingerprint density at radius 3 is 2.48 bits per heavy atom. The number of carbonyl (C=O) groups excluding carboxylic acids is 1. The molecule has 0 aromatic rings. The smallest absolute Gasteiger partial charge is 0.305 e. The number of halogens is 1. The summed E-state index contributed by atoms with van der Waals surface area (Å²) in [4.78, 5) is 17.9. The number of aliphatic imine (C=N–C) groups is 1. The lowest BCUT2D eigenvalue weighted by Crippen LogP contribution is -2.47. The molecule has 1 aliphatic heterocycles. The van der Waals surface area contributed by atoms with Crippen molar-refractivity contribution in [3.8, 4) is 0 Å². The molecule has 0 radical (unpaired) electrons. The van der Waals surface area contributed by atoms with Gasteiger partial charge in [-0.05, 0) is 32.6 Å². The van der Waals surface area contributed by atoms with Crippen LogP contribution in [0.3, 0.4) is 0 Å². The normalized spacial score (nSPS) is 21.1. The Labute approximate surface area is 170 Å². The predicted molar refractivity (Wildman–Crippen MR) is 115 cm³/mol. The van der Waals surface area contributed by atoms with Crippen LogP contribution in [-0.4, -0.2) is 62.7 Å². The van der Waals surface area contributed by atoms with Crippen molar-refractivity contribution in [2.45, 2.75) is 65.0 Å². The van der Waals surface area contributed by atoms with E-state index in [9.17, 15) is 4.79 Å². The number of nitrogens with one attached hydrogen (secondary N) is 2. The zero-order valence-electron chi connectivity index (χ0n) is 16.5. The summed E-state index contributed by atoms with van der Waals surface area (Å²) in [5.41, 5.74) is 0. The highest BCUT2D eigenvalue weighted by Gasteiger charge is 2.31. The summed E-state index contributed by atoms with van der Waals surface area (Å²) >= 11 is 0. The maximum Gasteiger partial charge on any atom is 0.305 e. The number of nitrogens with zero attached hydrogens (tertiary/aromatic N) is 2. The van der Waals surface area contributed by atoms with Crippen LogP contribution >= 0.6 is 24.0 Å². The molecule has 0 saturated carbocycles. The van der Waals surface area contributed by atoms with Gasteiger partial charge in [0.05, 0.1) is 7.11 Å². The van der Waals surface area contributed by atoms with Crippen molar-refractivity contribution in [2.24, 2.45) is 10.9 Å². The SMILES string of the molecule is CN=C(NCCCCCCC(=O)OC)NC1CN(C(C)C)CC1C.I. The molecule has 1 saturated heterocycles. The van der Waals surface area contributed by atoms with Crippen molar-refractivity contribution in [1.29, 1.82) is 0 Å². The Balaban J connectivity index is 0.00000576. The van der Waals surface area contributed by atoms with E-state index in [4.69, 9.17) is 0 Å². The van der Waals surface area contributed by atoms with Crippen LogP contribution in [-0.2, 0) is 9.53 Å². The first-order chi connectivity index (χ1) is 11.5. The summed E-state index contributed by atoms with van der Waals surface area (Å²) in [6.45, 7) is 9.94. The second-order valence-electron chi connectivity index (χ2n) is 7.02. The number of ether oxygens (including phenoxy) is 1. The Morgan fingerprint density at radius 1 is 1.24 bits per heavy atom. The van der Waals surface area contributed by atoms with E-state index in [0.29, 0.717) is 24.4 Å². The van der Waals surface area contributed by atoms with Gasteiger partial charge in [-0.3, -0.25) is 14.7 Å². The molecule has 25 heavy (non-hydrogen) atoms. The molecule has 0 aromatic carbocycles. The number of hydrogen-bond acceptors (Lipinski definition) is 4. The van der Waals surface area contributed by atoms with Crippen LogP contribution in [0.25, 0.3) is 0 Å². The van der Waals surface area contributed by atoms with Crippen molar-refractivity contribution in [2.75, 3.05) is 33.8 Å². The molecular weight excluding hydrogens is 431 g/mol. The maximum absolute atomic E-state index is 11.0. The van der Waals surface area contributed by atoms with Gasteiger partial charge in [0.1, 0.15) is 0 Å². The second kappa shape index (κ2) is 13.6. The monoisotopic (exact) mass is 468 g/mol. The van der Waals surface area contributed by atoms with Gasteiger partial charge in [0.2, 0.25) is 0 Å². The summed E-state index contributed by atoms with van der Waals surface area (Å²) in [5.74, 6) is 1.41. The minimum Gasteiger partial charge on any atom is -0.469 e. The Morgan fingerprint density at radius 2 is 1.92 bits per heavy atom. The molecule has 6 nitrogen and oxygen atoms in total. The van der Waals surface area contributed by atoms with Gasteiger partial charge >= 0.3 is 5.97 Å². The van der Waals surface area contributed by atoms with Gasteiger partial charge in [-0.25, -0.2) is 0 Å². The van der Waals surface area contributed by atoms with Crippen LogP contribution < -0.4 is 10.6 Å². The number of esters is 1. The fourth-order valence-electron chi connectivity index (χ4n) is 3.04. The molecule has 0 aromatic heterocycles. The summed E-state index contributed by atoms with van der Waals surface area (Å²) in [6.07, 6.45) is 4.69. The third kappa shape index (κ3) is 9.63. The standard InChI is InChI=1S/C18H36N4O2.HI/c1-14(2)22-12-15(3)16(13-22)21-18(19-4)20-11-9-7-6-8-10-17(23)24-5;/h14-16H,6-13H2,1-5H3,(H2,19,20,21);1H. The maximum atomic E-state index is 11.0. The van der Waals surface area contributed by atoms with Gasteiger partial charge in [-0.1, -0.05) is 19.8 Å². The highest BCUT2D eigenvalue weighted by atomic mass is 127. The number of hydrogen-bond donors (Lipinski definition) is 2. The lowest BCUT2D eigenvalue weighted by molar-refractivity contribution is -0.140. The highest BCUT2D eigenvalue weighted by molar-refractivity contribution is 14.0. The molecule has 1 aliphatic rings. The molecule has 7 heteroatoms. The quantitative estimate of drug-likeness (QED) is 0.179. The Hall–Kier alpha value is -0.570. The molecule has 1 heterocycles. The first kappa shape index (κ1) is 24.4. The van der Waals surface area contributed by atoms with Gasteiger partial charge in [0.15, 0.2) is 5.96 Å². The molecule has 0 spiro atoms. The molecule has 1 rings (SSSR count). The van der Waals surface area contributed by atoms with Gasteiger partial charge in [-0.2, -0.15) is 0 Å². The zero-order chi connectivity index (χ0) is 17.9. The lowest BCUT2D eigenvalue weighted by Gasteiger charge is -2.22. The summed E-state index contributed by atoms with van der Waals surface area (Å²) in [6, 6.07) is 1.05. The van der Waals surface area contributed by atoms with Crippen molar-refractivity contribution in [3.05, 3.63) is 0 Å². The van der Waals surface area contributed by atoms with Crippen LogP contribution in [0.5, 0.6) is 0 Å². The van der Waals surface area contributed by atoms with Gasteiger partial charge in [0, 0.05) is 45.2 Å².